The first kappa shape index (κ1) is 15.7. The Morgan fingerprint density at radius 2 is 1.90 bits per heavy atom. The second kappa shape index (κ2) is 6.39. The van der Waals surface area contributed by atoms with Crippen LogP contribution in [-0.4, -0.2) is 45.0 Å². The van der Waals surface area contributed by atoms with Crippen LogP contribution in [0.3, 0.4) is 0 Å². The number of amides is 2. The van der Waals surface area contributed by atoms with Gasteiger partial charge in [-0.05, 0) is 19.4 Å². The van der Waals surface area contributed by atoms with Crippen LogP contribution in [0.4, 0.5) is 0 Å². The summed E-state index contributed by atoms with van der Waals surface area (Å²) in [7, 11) is -1.03. The summed E-state index contributed by atoms with van der Waals surface area (Å²) < 4.78 is 11.5. The minimum Gasteiger partial charge on any atom is -0.339 e. The Bertz CT molecular complexity index is 561. The van der Waals surface area contributed by atoms with Crippen molar-refractivity contribution in [3.8, 4) is 0 Å². The minimum absolute atomic E-state index is 0.148. The van der Waals surface area contributed by atoms with Crippen LogP contribution in [0.25, 0.3) is 0 Å². The van der Waals surface area contributed by atoms with E-state index in [0.717, 1.165) is 5.56 Å². The molecule has 2 rings (SSSR count). The first-order chi connectivity index (χ1) is 9.91. The summed E-state index contributed by atoms with van der Waals surface area (Å²) >= 11 is 0. The Kier molecular flexibility index (Phi) is 4.77. The fourth-order valence-corrected chi connectivity index (χ4v) is 2.69. The van der Waals surface area contributed by atoms with Crippen LogP contribution in [-0.2, 0) is 20.4 Å². The molecule has 0 radical (unpaired) electrons. The molecule has 1 fully saturated rings. The van der Waals surface area contributed by atoms with Crippen LogP contribution >= 0.6 is 0 Å². The summed E-state index contributed by atoms with van der Waals surface area (Å²) in [5, 5.41) is 2.59. The largest absolute Gasteiger partial charge is 0.339 e. The maximum absolute atomic E-state index is 12.7. The zero-order chi connectivity index (χ0) is 15.6. The molecule has 1 aromatic carbocycles. The van der Waals surface area contributed by atoms with Gasteiger partial charge in [-0.3, -0.25) is 13.8 Å². The second-order valence-electron chi connectivity index (χ2n) is 5.33. The molecule has 0 spiro atoms. The highest BCUT2D eigenvalue weighted by molar-refractivity contribution is 7.84. The molecule has 1 aromatic rings. The maximum Gasteiger partial charge on any atom is 0.250 e. The van der Waals surface area contributed by atoms with E-state index < -0.39 is 22.9 Å². The lowest BCUT2D eigenvalue weighted by Gasteiger charge is -2.38. The predicted molar refractivity (Wildman–Crippen MR) is 82.0 cm³/mol. The van der Waals surface area contributed by atoms with E-state index in [1.807, 2.05) is 37.3 Å². The van der Waals surface area contributed by atoms with E-state index in [2.05, 4.69) is 5.32 Å². The first-order valence-electron chi connectivity index (χ1n) is 6.90. The van der Waals surface area contributed by atoms with Crippen molar-refractivity contribution >= 4 is 22.6 Å². The maximum atomic E-state index is 12.7. The van der Waals surface area contributed by atoms with E-state index in [4.69, 9.17) is 0 Å². The molecule has 1 N–H and O–H groups in total. The molecule has 114 valence electrons. The van der Waals surface area contributed by atoms with E-state index in [9.17, 15) is 13.8 Å². The SMILES string of the molecule is CC1C(=O)NC(c2ccccc2)C(=O)N1CC(C)S(C)=O. The molecule has 1 heterocycles. The molecular weight excluding hydrogens is 288 g/mol. The van der Waals surface area contributed by atoms with Gasteiger partial charge in [0, 0.05) is 28.9 Å². The molecule has 6 heteroatoms. The molecule has 21 heavy (non-hydrogen) atoms. The molecule has 4 unspecified atom stereocenters. The summed E-state index contributed by atoms with van der Waals surface area (Å²) in [6.07, 6.45) is 1.61. The smallest absolute Gasteiger partial charge is 0.250 e. The standard InChI is InChI=1S/C15H20N2O3S/c1-10(21(3)20)9-17-11(2)14(18)16-13(15(17)19)12-7-5-4-6-8-12/h4-8,10-11,13H,9H2,1-3H3,(H,16,18). The summed E-state index contributed by atoms with van der Waals surface area (Å²) in [6, 6.07) is 7.97. The van der Waals surface area contributed by atoms with Crippen LogP contribution in [0, 0.1) is 0 Å². The van der Waals surface area contributed by atoms with Gasteiger partial charge in [0.05, 0.1) is 0 Å². The number of rotatable bonds is 4. The van der Waals surface area contributed by atoms with E-state index >= 15 is 0 Å². The zero-order valence-electron chi connectivity index (χ0n) is 12.4. The number of benzene rings is 1. The van der Waals surface area contributed by atoms with Crippen molar-refractivity contribution < 1.29 is 13.8 Å². The number of hydrogen-bond acceptors (Lipinski definition) is 3. The van der Waals surface area contributed by atoms with Crippen molar-refractivity contribution in [3.05, 3.63) is 35.9 Å². The highest BCUT2D eigenvalue weighted by atomic mass is 32.2. The van der Waals surface area contributed by atoms with Gasteiger partial charge in [-0.25, -0.2) is 0 Å². The van der Waals surface area contributed by atoms with Crippen LogP contribution in [0.2, 0.25) is 0 Å². The van der Waals surface area contributed by atoms with Gasteiger partial charge in [0.1, 0.15) is 12.1 Å². The lowest BCUT2D eigenvalue weighted by Crippen LogP contribution is -2.59. The van der Waals surface area contributed by atoms with Gasteiger partial charge < -0.3 is 10.2 Å². The van der Waals surface area contributed by atoms with Gasteiger partial charge in [0.15, 0.2) is 0 Å². The number of carbonyl (C=O) groups excluding carboxylic acids is 2. The number of hydrogen-bond donors (Lipinski definition) is 1. The third-order valence-corrected chi connectivity index (χ3v) is 5.10. The average molecular weight is 308 g/mol. The molecular formula is C15H20N2O3S. The monoisotopic (exact) mass is 308 g/mol. The molecule has 0 bridgehead atoms. The Morgan fingerprint density at radius 3 is 2.48 bits per heavy atom. The number of piperazine rings is 1. The highest BCUT2D eigenvalue weighted by Gasteiger charge is 2.39. The van der Waals surface area contributed by atoms with E-state index in [-0.39, 0.29) is 17.1 Å². The first-order valence-corrected chi connectivity index (χ1v) is 8.52. The van der Waals surface area contributed by atoms with Crippen LogP contribution in [0.5, 0.6) is 0 Å². The molecule has 4 atom stereocenters. The Balaban J connectivity index is 2.25. The van der Waals surface area contributed by atoms with Gasteiger partial charge in [0.2, 0.25) is 5.91 Å². The molecule has 2 amide bonds. The van der Waals surface area contributed by atoms with Crippen molar-refractivity contribution in [1.82, 2.24) is 10.2 Å². The third kappa shape index (κ3) is 3.32. The molecule has 1 aliphatic heterocycles. The minimum atomic E-state index is -1.03. The van der Waals surface area contributed by atoms with Crippen molar-refractivity contribution in [3.63, 3.8) is 0 Å². The van der Waals surface area contributed by atoms with Gasteiger partial charge in [-0.15, -0.1) is 0 Å². The average Bonchev–Trinajstić information content (AvgIpc) is 2.47. The lowest BCUT2D eigenvalue weighted by molar-refractivity contribution is -0.148. The van der Waals surface area contributed by atoms with E-state index in [0.29, 0.717) is 6.54 Å². The molecule has 0 aromatic heterocycles. The fraction of sp³-hybridized carbons (Fsp3) is 0.467. The van der Waals surface area contributed by atoms with E-state index in [1.165, 1.54) is 4.90 Å². The predicted octanol–water partition coefficient (Wildman–Crippen LogP) is 0.842. The molecule has 1 aliphatic rings. The Hall–Kier alpha value is -1.69. The quantitative estimate of drug-likeness (QED) is 0.896. The van der Waals surface area contributed by atoms with Crippen molar-refractivity contribution in [2.75, 3.05) is 12.8 Å². The Morgan fingerprint density at radius 1 is 1.29 bits per heavy atom. The zero-order valence-corrected chi connectivity index (χ0v) is 13.2. The van der Waals surface area contributed by atoms with Gasteiger partial charge in [-0.1, -0.05) is 30.3 Å². The Labute approximate surface area is 127 Å². The van der Waals surface area contributed by atoms with Crippen molar-refractivity contribution in [1.29, 1.82) is 0 Å². The van der Waals surface area contributed by atoms with Gasteiger partial charge >= 0.3 is 0 Å². The van der Waals surface area contributed by atoms with Gasteiger partial charge in [-0.2, -0.15) is 0 Å². The molecule has 0 aliphatic carbocycles. The highest BCUT2D eigenvalue weighted by Crippen LogP contribution is 2.22. The summed E-state index contributed by atoms with van der Waals surface area (Å²) in [4.78, 5) is 26.3. The topological polar surface area (TPSA) is 66.5 Å². The molecule has 1 saturated heterocycles. The van der Waals surface area contributed by atoms with Crippen molar-refractivity contribution in [2.24, 2.45) is 0 Å². The lowest BCUT2D eigenvalue weighted by atomic mass is 10.0. The molecule has 5 nitrogen and oxygen atoms in total. The number of carbonyl (C=O) groups is 2. The van der Waals surface area contributed by atoms with Crippen LogP contribution in [0.1, 0.15) is 25.5 Å². The summed E-state index contributed by atoms with van der Waals surface area (Å²) in [5.41, 5.74) is 0.762. The van der Waals surface area contributed by atoms with Crippen molar-refractivity contribution in [2.45, 2.75) is 31.2 Å². The third-order valence-electron chi connectivity index (χ3n) is 3.82. The van der Waals surface area contributed by atoms with Crippen LogP contribution < -0.4 is 5.32 Å². The summed E-state index contributed by atoms with van der Waals surface area (Å²) in [6.45, 7) is 3.83. The normalized spacial score (nSPS) is 25.4. The molecule has 0 saturated carbocycles. The second-order valence-corrected chi connectivity index (χ2v) is 7.13. The summed E-state index contributed by atoms with van der Waals surface area (Å²) in [5.74, 6) is -0.330. The number of nitrogens with one attached hydrogen (secondary N) is 1. The van der Waals surface area contributed by atoms with E-state index in [1.54, 1.807) is 13.2 Å². The van der Waals surface area contributed by atoms with Crippen LogP contribution in [0.15, 0.2) is 30.3 Å². The fourth-order valence-electron chi connectivity index (χ4n) is 2.32. The number of nitrogens with zero attached hydrogens (tertiary/aromatic N) is 1. The van der Waals surface area contributed by atoms with Gasteiger partial charge in [0.25, 0.3) is 5.91 Å².